The van der Waals surface area contributed by atoms with Crippen LogP contribution in [0, 0.1) is 5.92 Å². The van der Waals surface area contributed by atoms with Gasteiger partial charge in [0.15, 0.2) is 6.29 Å². The van der Waals surface area contributed by atoms with Crippen molar-refractivity contribution in [2.75, 3.05) is 0 Å². The fourth-order valence-electron chi connectivity index (χ4n) is 1.94. The second-order valence-electron chi connectivity index (χ2n) is 3.60. The van der Waals surface area contributed by atoms with Crippen molar-refractivity contribution in [3.8, 4) is 0 Å². The van der Waals surface area contributed by atoms with E-state index in [1.807, 2.05) is 0 Å². The van der Waals surface area contributed by atoms with E-state index in [4.69, 9.17) is 4.52 Å². The Morgan fingerprint density at radius 2 is 2.54 bits per heavy atom. The minimum Gasteiger partial charge on any atom is -0.360 e. The molecule has 1 atom stereocenters. The van der Waals surface area contributed by atoms with Gasteiger partial charge in [-0.2, -0.15) is 0 Å². The van der Waals surface area contributed by atoms with E-state index < -0.39 is 0 Å². The van der Waals surface area contributed by atoms with Gasteiger partial charge in [-0.3, -0.25) is 4.79 Å². The summed E-state index contributed by atoms with van der Waals surface area (Å²) in [5.74, 6) is 1.62. The molecule has 3 nitrogen and oxygen atoms in total. The molecule has 0 N–H and O–H groups in total. The van der Waals surface area contributed by atoms with Gasteiger partial charge in [-0.25, -0.2) is 0 Å². The number of aromatic nitrogens is 1. The summed E-state index contributed by atoms with van der Waals surface area (Å²) in [5, 5.41) is 3.74. The summed E-state index contributed by atoms with van der Waals surface area (Å²) < 4.78 is 5.09. The van der Waals surface area contributed by atoms with Crippen LogP contribution >= 0.6 is 0 Å². The van der Waals surface area contributed by atoms with Crippen molar-refractivity contribution in [1.29, 1.82) is 0 Å². The van der Waals surface area contributed by atoms with Crippen LogP contribution < -0.4 is 0 Å². The van der Waals surface area contributed by atoms with Gasteiger partial charge in [0.2, 0.25) is 0 Å². The summed E-state index contributed by atoms with van der Waals surface area (Å²) >= 11 is 0. The normalized spacial score (nSPS) is 21.2. The number of carbonyl (C=O) groups is 1. The van der Waals surface area contributed by atoms with Gasteiger partial charge in [0, 0.05) is 12.0 Å². The van der Waals surface area contributed by atoms with E-state index >= 15 is 0 Å². The van der Waals surface area contributed by atoms with Crippen molar-refractivity contribution < 1.29 is 9.32 Å². The molecular weight excluding hydrogens is 166 g/mol. The van der Waals surface area contributed by atoms with Crippen LogP contribution in [0.5, 0.6) is 0 Å². The molecule has 1 heterocycles. The molecule has 1 aromatic heterocycles. The van der Waals surface area contributed by atoms with Crippen molar-refractivity contribution in [1.82, 2.24) is 5.16 Å². The van der Waals surface area contributed by atoms with E-state index in [1.165, 1.54) is 6.42 Å². The first kappa shape index (κ1) is 8.48. The molecule has 0 aromatic carbocycles. The third-order valence-corrected chi connectivity index (χ3v) is 2.86. The molecule has 0 amide bonds. The van der Waals surface area contributed by atoms with E-state index in [9.17, 15) is 4.79 Å². The Morgan fingerprint density at radius 3 is 3.23 bits per heavy atom. The number of aryl methyl sites for hydroxylation is 1. The first-order valence-electron chi connectivity index (χ1n) is 4.77. The highest BCUT2D eigenvalue weighted by Gasteiger charge is 2.24. The molecule has 0 spiro atoms. The fraction of sp³-hybridized carbons (Fsp3) is 0.600. The van der Waals surface area contributed by atoms with Crippen LogP contribution in [0.1, 0.15) is 41.6 Å². The largest absolute Gasteiger partial charge is 0.360 e. The lowest BCUT2D eigenvalue weighted by atomic mass is 9.85. The lowest BCUT2D eigenvalue weighted by Gasteiger charge is -2.18. The highest BCUT2D eigenvalue weighted by Crippen LogP contribution is 2.28. The highest BCUT2D eigenvalue weighted by atomic mass is 16.5. The molecule has 0 bridgehead atoms. The number of aldehydes is 1. The van der Waals surface area contributed by atoms with Gasteiger partial charge in [-0.15, -0.1) is 0 Å². The minimum atomic E-state index is 0.508. The zero-order valence-electron chi connectivity index (χ0n) is 7.75. The highest BCUT2D eigenvalue weighted by molar-refractivity contribution is 5.74. The maximum Gasteiger partial charge on any atom is 0.172 e. The second kappa shape index (κ2) is 3.32. The molecule has 1 aliphatic carbocycles. The third kappa shape index (κ3) is 1.39. The maximum absolute atomic E-state index is 10.6. The zero-order valence-corrected chi connectivity index (χ0v) is 7.75. The first-order chi connectivity index (χ1) is 6.35. The Labute approximate surface area is 77.1 Å². The third-order valence-electron chi connectivity index (χ3n) is 2.86. The standard InChI is InChI=1S/C10H13NO2/c1-2-7-3-4-10-8(5-7)9(6-12)11-13-10/h6-7H,2-5H2,1H3. The van der Waals surface area contributed by atoms with Crippen LogP contribution in [-0.2, 0) is 12.8 Å². The molecular formula is C10H13NO2. The van der Waals surface area contributed by atoms with Gasteiger partial charge in [-0.1, -0.05) is 18.5 Å². The fourth-order valence-corrected chi connectivity index (χ4v) is 1.94. The van der Waals surface area contributed by atoms with E-state index in [2.05, 4.69) is 12.1 Å². The monoisotopic (exact) mass is 179 g/mol. The van der Waals surface area contributed by atoms with Crippen LogP contribution in [0.25, 0.3) is 0 Å². The molecule has 3 heteroatoms. The summed E-state index contributed by atoms with van der Waals surface area (Å²) in [7, 11) is 0. The van der Waals surface area contributed by atoms with Crippen molar-refractivity contribution in [2.45, 2.75) is 32.6 Å². The van der Waals surface area contributed by atoms with E-state index in [0.717, 1.165) is 36.9 Å². The molecule has 0 saturated heterocycles. The van der Waals surface area contributed by atoms with E-state index in [0.29, 0.717) is 11.6 Å². The Morgan fingerprint density at radius 1 is 1.69 bits per heavy atom. The molecule has 0 fully saturated rings. The molecule has 13 heavy (non-hydrogen) atoms. The van der Waals surface area contributed by atoms with Crippen LogP contribution in [-0.4, -0.2) is 11.4 Å². The van der Waals surface area contributed by atoms with Crippen LogP contribution in [0.4, 0.5) is 0 Å². The number of fused-ring (bicyclic) bond motifs is 1. The average molecular weight is 179 g/mol. The van der Waals surface area contributed by atoms with E-state index in [-0.39, 0.29) is 0 Å². The quantitative estimate of drug-likeness (QED) is 0.652. The molecule has 0 saturated carbocycles. The topological polar surface area (TPSA) is 43.1 Å². The Hall–Kier alpha value is -1.12. The van der Waals surface area contributed by atoms with E-state index in [1.54, 1.807) is 0 Å². The smallest absolute Gasteiger partial charge is 0.172 e. The Balaban J connectivity index is 2.30. The van der Waals surface area contributed by atoms with Gasteiger partial charge in [0.25, 0.3) is 0 Å². The number of carbonyl (C=O) groups excluding carboxylic acids is 1. The van der Waals surface area contributed by atoms with Crippen LogP contribution in [0.2, 0.25) is 0 Å². The van der Waals surface area contributed by atoms with Gasteiger partial charge >= 0.3 is 0 Å². The summed E-state index contributed by atoms with van der Waals surface area (Å²) in [6, 6.07) is 0. The molecule has 2 rings (SSSR count). The average Bonchev–Trinajstić information content (AvgIpc) is 2.59. The van der Waals surface area contributed by atoms with Crippen LogP contribution in [0.15, 0.2) is 4.52 Å². The molecule has 1 unspecified atom stereocenters. The van der Waals surface area contributed by atoms with Gasteiger partial charge in [0.1, 0.15) is 11.5 Å². The molecule has 0 aliphatic heterocycles. The number of hydrogen-bond acceptors (Lipinski definition) is 3. The van der Waals surface area contributed by atoms with Crippen molar-refractivity contribution >= 4 is 6.29 Å². The summed E-state index contributed by atoms with van der Waals surface area (Å²) in [5.41, 5.74) is 1.56. The molecule has 0 radical (unpaired) electrons. The molecule has 1 aliphatic rings. The summed E-state index contributed by atoms with van der Waals surface area (Å²) in [6.45, 7) is 2.18. The predicted molar refractivity (Wildman–Crippen MR) is 47.7 cm³/mol. The number of rotatable bonds is 2. The van der Waals surface area contributed by atoms with Crippen LogP contribution in [0.3, 0.4) is 0 Å². The lowest BCUT2D eigenvalue weighted by molar-refractivity contribution is 0.111. The zero-order chi connectivity index (χ0) is 9.26. The molecule has 70 valence electrons. The summed E-state index contributed by atoms with van der Waals surface area (Å²) in [6.07, 6.45) is 5.03. The minimum absolute atomic E-state index is 0.508. The SMILES string of the molecule is CCC1CCc2onc(C=O)c2C1. The maximum atomic E-state index is 10.6. The van der Waals surface area contributed by atoms with Gasteiger partial charge in [0.05, 0.1) is 0 Å². The molecule has 1 aromatic rings. The predicted octanol–water partition coefficient (Wildman–Crippen LogP) is 2.00. The number of hydrogen-bond donors (Lipinski definition) is 0. The Kier molecular flexibility index (Phi) is 2.17. The van der Waals surface area contributed by atoms with Gasteiger partial charge in [-0.05, 0) is 18.8 Å². The van der Waals surface area contributed by atoms with Gasteiger partial charge < -0.3 is 4.52 Å². The van der Waals surface area contributed by atoms with Crippen molar-refractivity contribution in [3.05, 3.63) is 17.0 Å². The summed E-state index contributed by atoms with van der Waals surface area (Å²) in [4.78, 5) is 10.6. The second-order valence-corrected chi connectivity index (χ2v) is 3.60. The first-order valence-corrected chi connectivity index (χ1v) is 4.77. The Bertz CT molecular complexity index is 317. The van der Waals surface area contributed by atoms with Crippen molar-refractivity contribution in [3.63, 3.8) is 0 Å². The lowest BCUT2D eigenvalue weighted by Crippen LogP contribution is -2.12. The van der Waals surface area contributed by atoms with Crippen molar-refractivity contribution in [2.24, 2.45) is 5.92 Å². The number of nitrogens with zero attached hydrogens (tertiary/aromatic N) is 1.